The summed E-state index contributed by atoms with van der Waals surface area (Å²) in [5.74, 6) is 2.00. The fourth-order valence-electron chi connectivity index (χ4n) is 8.39. The van der Waals surface area contributed by atoms with E-state index in [1.165, 1.54) is 79.0 Å². The molecule has 0 saturated heterocycles. The number of hydrogen-bond acceptors (Lipinski definition) is 5. The Morgan fingerprint density at radius 3 is 1.54 bits per heavy atom. The van der Waals surface area contributed by atoms with Gasteiger partial charge < -0.3 is 4.57 Å². The molecule has 6 heteroatoms. The summed E-state index contributed by atoms with van der Waals surface area (Å²) in [7, 11) is 0. The Balaban J connectivity index is 0.949. The second-order valence-electron chi connectivity index (χ2n) is 14.4. The predicted octanol–water partition coefficient (Wildman–Crippen LogP) is 14.4. The fraction of sp³-hybridized carbons (Fsp3) is 0. The molecule has 12 aromatic rings. The molecule has 57 heavy (non-hydrogen) atoms. The highest BCUT2D eigenvalue weighted by Crippen LogP contribution is 2.43. The van der Waals surface area contributed by atoms with Crippen LogP contribution in [0.25, 0.3) is 113 Å². The standard InChI is InChI=1S/C51H30N4S2/c1-3-12-31(13-4-1)49-52-50(32-14-5-2-6-15-32)54-51(53-49)35-23-25-38-40-28-33(24-27-44(40)56-46(38)30-35)34-22-26-39-47(29-34)57-45-21-11-20-43(48(39)45)55-41-18-9-7-16-36(41)37-17-8-10-19-42(37)55/h1-30H. The average molecular weight is 763 g/mol. The number of benzene rings is 8. The van der Waals surface area contributed by atoms with Crippen molar-refractivity contribution in [3.8, 4) is 51.0 Å². The van der Waals surface area contributed by atoms with Gasteiger partial charge in [-0.15, -0.1) is 22.7 Å². The molecule has 0 saturated carbocycles. The number of hydrogen-bond donors (Lipinski definition) is 0. The van der Waals surface area contributed by atoms with E-state index in [0.717, 1.165) is 16.7 Å². The van der Waals surface area contributed by atoms with Gasteiger partial charge in [0.15, 0.2) is 17.5 Å². The van der Waals surface area contributed by atoms with Crippen molar-refractivity contribution < 1.29 is 0 Å². The minimum Gasteiger partial charge on any atom is -0.309 e. The predicted molar refractivity (Wildman–Crippen MR) is 242 cm³/mol. The van der Waals surface area contributed by atoms with Crippen LogP contribution in [0.4, 0.5) is 0 Å². The third-order valence-electron chi connectivity index (χ3n) is 11.1. The summed E-state index contributed by atoms with van der Waals surface area (Å²) in [6.07, 6.45) is 0. The number of nitrogens with zero attached hydrogens (tertiary/aromatic N) is 4. The van der Waals surface area contributed by atoms with Crippen molar-refractivity contribution in [3.63, 3.8) is 0 Å². The topological polar surface area (TPSA) is 43.6 Å². The van der Waals surface area contributed by atoms with Gasteiger partial charge in [-0.1, -0.05) is 133 Å². The van der Waals surface area contributed by atoms with Gasteiger partial charge >= 0.3 is 0 Å². The molecule has 4 heterocycles. The van der Waals surface area contributed by atoms with Crippen molar-refractivity contribution in [2.75, 3.05) is 0 Å². The Hall–Kier alpha value is -6.99. The Morgan fingerprint density at radius 1 is 0.316 bits per heavy atom. The van der Waals surface area contributed by atoms with Gasteiger partial charge in [-0.3, -0.25) is 0 Å². The Labute approximate surface area is 335 Å². The number of aromatic nitrogens is 4. The van der Waals surface area contributed by atoms with Crippen LogP contribution in [0.1, 0.15) is 0 Å². The van der Waals surface area contributed by atoms with Crippen molar-refractivity contribution in [2.45, 2.75) is 0 Å². The molecule has 0 aliphatic heterocycles. The first-order chi connectivity index (χ1) is 28.2. The molecule has 0 fully saturated rings. The zero-order valence-corrected chi connectivity index (χ0v) is 32.1. The van der Waals surface area contributed by atoms with Gasteiger partial charge in [0.05, 0.1) is 16.7 Å². The molecular weight excluding hydrogens is 733 g/mol. The Bertz CT molecular complexity index is 3410. The van der Waals surface area contributed by atoms with E-state index in [1.807, 2.05) is 83.3 Å². The molecule has 0 spiro atoms. The first-order valence-corrected chi connectivity index (χ1v) is 20.6. The van der Waals surface area contributed by atoms with E-state index in [1.54, 1.807) is 0 Å². The molecular formula is C51H30N4S2. The van der Waals surface area contributed by atoms with E-state index < -0.39 is 0 Å². The summed E-state index contributed by atoms with van der Waals surface area (Å²) in [4.78, 5) is 14.8. The van der Waals surface area contributed by atoms with E-state index in [-0.39, 0.29) is 0 Å². The van der Waals surface area contributed by atoms with Gasteiger partial charge in [0.25, 0.3) is 0 Å². The maximum atomic E-state index is 4.98. The molecule has 0 radical (unpaired) electrons. The monoisotopic (exact) mass is 762 g/mol. The maximum absolute atomic E-state index is 4.98. The first-order valence-electron chi connectivity index (χ1n) is 19.0. The molecule has 4 nitrogen and oxygen atoms in total. The molecule has 0 unspecified atom stereocenters. The van der Waals surface area contributed by atoms with Gasteiger partial charge in [0.1, 0.15) is 0 Å². The van der Waals surface area contributed by atoms with Gasteiger partial charge in [-0.2, -0.15) is 0 Å². The summed E-state index contributed by atoms with van der Waals surface area (Å²) < 4.78 is 7.49. The molecule has 12 rings (SSSR count). The summed E-state index contributed by atoms with van der Waals surface area (Å²) in [5, 5.41) is 7.64. The molecule has 0 aliphatic carbocycles. The lowest BCUT2D eigenvalue weighted by Gasteiger charge is -2.10. The van der Waals surface area contributed by atoms with Crippen molar-refractivity contribution in [2.24, 2.45) is 0 Å². The molecule has 0 N–H and O–H groups in total. The maximum Gasteiger partial charge on any atom is 0.164 e. The highest BCUT2D eigenvalue weighted by Gasteiger charge is 2.18. The third-order valence-corrected chi connectivity index (χ3v) is 13.3. The van der Waals surface area contributed by atoms with Crippen LogP contribution in [0.3, 0.4) is 0 Å². The lowest BCUT2D eigenvalue weighted by atomic mass is 10.0. The lowest BCUT2D eigenvalue weighted by molar-refractivity contribution is 1.07. The highest BCUT2D eigenvalue weighted by atomic mass is 32.1. The minimum absolute atomic E-state index is 0.666. The van der Waals surface area contributed by atoms with Gasteiger partial charge in [0.2, 0.25) is 0 Å². The van der Waals surface area contributed by atoms with Gasteiger partial charge in [-0.25, -0.2) is 15.0 Å². The van der Waals surface area contributed by atoms with Crippen LogP contribution in [-0.4, -0.2) is 19.5 Å². The molecule has 0 bridgehead atoms. The van der Waals surface area contributed by atoms with Crippen molar-refractivity contribution in [1.29, 1.82) is 0 Å². The molecule has 0 atom stereocenters. The highest BCUT2D eigenvalue weighted by molar-refractivity contribution is 7.26. The van der Waals surface area contributed by atoms with Crippen LogP contribution in [0, 0.1) is 0 Å². The SMILES string of the molecule is c1ccc(-c2nc(-c3ccccc3)nc(-c3ccc4c(c3)sc3ccc(-c5ccc6c(c5)sc5cccc(-n7c8ccccc8c8ccccc87)c56)cc34)n2)cc1. The largest absolute Gasteiger partial charge is 0.309 e. The zero-order valence-electron chi connectivity index (χ0n) is 30.4. The smallest absolute Gasteiger partial charge is 0.164 e. The molecule has 0 amide bonds. The van der Waals surface area contributed by atoms with E-state index in [2.05, 4.69) is 126 Å². The number of rotatable bonds is 5. The first kappa shape index (κ1) is 32.3. The van der Waals surface area contributed by atoms with Crippen molar-refractivity contribution in [3.05, 3.63) is 182 Å². The second-order valence-corrected chi connectivity index (χ2v) is 16.6. The Morgan fingerprint density at radius 2 is 0.842 bits per heavy atom. The summed E-state index contributed by atoms with van der Waals surface area (Å²) in [6.45, 7) is 0. The van der Waals surface area contributed by atoms with Crippen LogP contribution in [0.2, 0.25) is 0 Å². The minimum atomic E-state index is 0.666. The average Bonchev–Trinajstić information content (AvgIpc) is 3.95. The van der Waals surface area contributed by atoms with Gasteiger partial charge in [0, 0.05) is 67.8 Å². The van der Waals surface area contributed by atoms with Crippen LogP contribution >= 0.6 is 22.7 Å². The van der Waals surface area contributed by atoms with Crippen molar-refractivity contribution >= 4 is 84.8 Å². The fourth-order valence-corrected chi connectivity index (χ4v) is 10.7. The van der Waals surface area contributed by atoms with E-state index in [9.17, 15) is 0 Å². The van der Waals surface area contributed by atoms with Gasteiger partial charge in [-0.05, 0) is 59.7 Å². The molecule has 266 valence electrons. The summed E-state index contributed by atoms with van der Waals surface area (Å²) in [6, 6.07) is 65.0. The van der Waals surface area contributed by atoms with E-state index >= 15 is 0 Å². The summed E-state index contributed by atoms with van der Waals surface area (Å²) >= 11 is 3.68. The Kier molecular flexibility index (Phi) is 7.24. The van der Waals surface area contributed by atoms with Crippen LogP contribution in [0.15, 0.2) is 182 Å². The van der Waals surface area contributed by atoms with Crippen LogP contribution in [-0.2, 0) is 0 Å². The number of thiophene rings is 2. The normalized spacial score (nSPS) is 11.9. The zero-order chi connectivity index (χ0) is 37.5. The van der Waals surface area contributed by atoms with Crippen LogP contribution in [0.5, 0.6) is 0 Å². The number of fused-ring (bicyclic) bond motifs is 9. The second kappa shape index (κ2) is 12.8. The molecule has 8 aromatic carbocycles. The van der Waals surface area contributed by atoms with E-state index in [4.69, 9.17) is 15.0 Å². The molecule has 4 aromatic heterocycles. The quantitative estimate of drug-likeness (QED) is 0.175. The summed E-state index contributed by atoms with van der Waals surface area (Å²) in [5.41, 5.74) is 9.02. The lowest BCUT2D eigenvalue weighted by Crippen LogP contribution is -1.99. The van der Waals surface area contributed by atoms with Crippen LogP contribution < -0.4 is 0 Å². The van der Waals surface area contributed by atoms with E-state index in [0.29, 0.717) is 17.5 Å². The van der Waals surface area contributed by atoms with Crippen molar-refractivity contribution in [1.82, 2.24) is 19.5 Å². The third kappa shape index (κ3) is 5.22. The number of para-hydroxylation sites is 2. The molecule has 0 aliphatic rings.